The van der Waals surface area contributed by atoms with Gasteiger partial charge >= 0.3 is 17.9 Å². The minimum Gasteiger partial charge on any atom is -0.480 e. The van der Waals surface area contributed by atoms with Crippen LogP contribution < -0.4 is 22.1 Å². The average molecular weight is 499 g/mol. The first-order valence-corrected chi connectivity index (χ1v) is 11.5. The number of hydrogen-bond acceptors (Lipinski definition) is 8. The SMILES string of the molecule is C[C@H](N)C(=O)N[C@H](CCC(=O)N[C@@H](CSC[C@](N)(Cc1ccccc1)C(=O)O)C(=O)O)C(=O)O. The number of nitrogens with two attached hydrogens (primary N) is 2. The zero-order valence-electron chi connectivity index (χ0n) is 18.6. The third-order valence-corrected chi connectivity index (χ3v) is 6.04. The largest absolute Gasteiger partial charge is 0.480 e. The Balaban J connectivity index is 2.65. The van der Waals surface area contributed by atoms with E-state index < -0.39 is 53.4 Å². The summed E-state index contributed by atoms with van der Waals surface area (Å²) in [6.07, 6.45) is -0.611. The molecule has 188 valence electrons. The molecule has 9 N–H and O–H groups in total. The first kappa shape index (κ1) is 28.9. The number of hydrogen-bond donors (Lipinski definition) is 7. The van der Waals surface area contributed by atoms with Gasteiger partial charge in [0, 0.05) is 24.3 Å². The van der Waals surface area contributed by atoms with Gasteiger partial charge in [-0.2, -0.15) is 11.8 Å². The Labute approximate surface area is 200 Å². The minimum atomic E-state index is -1.65. The summed E-state index contributed by atoms with van der Waals surface area (Å²) in [6.45, 7) is 1.37. The molecule has 0 saturated carbocycles. The van der Waals surface area contributed by atoms with Crippen molar-refractivity contribution in [1.29, 1.82) is 0 Å². The molecule has 0 aromatic heterocycles. The second kappa shape index (κ2) is 13.5. The summed E-state index contributed by atoms with van der Waals surface area (Å²) in [5, 5.41) is 32.6. The second-order valence-corrected chi connectivity index (χ2v) is 8.85. The zero-order chi connectivity index (χ0) is 25.9. The van der Waals surface area contributed by atoms with Gasteiger partial charge in [-0.25, -0.2) is 9.59 Å². The summed E-state index contributed by atoms with van der Waals surface area (Å²) in [6, 6.07) is 5.08. The normalized spacial score (nSPS) is 15.3. The Morgan fingerprint density at radius 3 is 2.09 bits per heavy atom. The molecule has 0 aliphatic rings. The van der Waals surface area contributed by atoms with E-state index in [1.807, 2.05) is 0 Å². The quantitative estimate of drug-likeness (QED) is 0.155. The first-order valence-electron chi connectivity index (χ1n) is 10.3. The van der Waals surface area contributed by atoms with Gasteiger partial charge in [0.05, 0.1) is 6.04 Å². The lowest BCUT2D eigenvalue weighted by Gasteiger charge is -2.25. The number of nitrogens with one attached hydrogen (secondary N) is 2. The standard InChI is InChI=1S/C21H30N4O8S/c1-12(22)17(27)25-14(18(28)29)7-8-16(26)24-15(19(30)31)10-34-11-21(23,20(32)33)9-13-5-3-2-4-6-13/h2-6,12,14-15H,7-11,22-23H2,1H3,(H,24,26)(H,25,27)(H,28,29)(H,30,31)(H,32,33)/t12-,14+,15-,21+/m0/s1. The molecule has 0 bridgehead atoms. The molecule has 34 heavy (non-hydrogen) atoms. The van der Waals surface area contributed by atoms with Crippen LogP contribution in [0.4, 0.5) is 0 Å². The predicted molar refractivity (Wildman–Crippen MR) is 124 cm³/mol. The van der Waals surface area contributed by atoms with Crippen LogP contribution in [0, 0.1) is 0 Å². The van der Waals surface area contributed by atoms with Crippen molar-refractivity contribution in [2.24, 2.45) is 11.5 Å². The highest BCUT2D eigenvalue weighted by Gasteiger charge is 2.35. The van der Waals surface area contributed by atoms with Gasteiger partial charge in [-0.15, -0.1) is 0 Å². The van der Waals surface area contributed by atoms with Gasteiger partial charge in [-0.1, -0.05) is 30.3 Å². The van der Waals surface area contributed by atoms with Crippen LogP contribution in [0.15, 0.2) is 30.3 Å². The Morgan fingerprint density at radius 2 is 1.59 bits per heavy atom. The van der Waals surface area contributed by atoms with Crippen LogP contribution in [-0.4, -0.2) is 80.2 Å². The van der Waals surface area contributed by atoms with Crippen molar-refractivity contribution in [1.82, 2.24) is 10.6 Å². The molecule has 0 radical (unpaired) electrons. The molecule has 0 unspecified atom stereocenters. The Hall–Kier alpha value is -3.16. The summed E-state index contributed by atoms with van der Waals surface area (Å²) < 4.78 is 0. The van der Waals surface area contributed by atoms with Crippen LogP contribution in [0.3, 0.4) is 0 Å². The zero-order valence-corrected chi connectivity index (χ0v) is 19.4. The Morgan fingerprint density at radius 1 is 1.00 bits per heavy atom. The fraction of sp³-hybridized carbons (Fsp3) is 0.476. The molecule has 4 atom stereocenters. The molecule has 2 amide bonds. The maximum Gasteiger partial charge on any atom is 0.327 e. The van der Waals surface area contributed by atoms with Crippen molar-refractivity contribution >= 4 is 41.5 Å². The van der Waals surface area contributed by atoms with E-state index >= 15 is 0 Å². The van der Waals surface area contributed by atoms with Gasteiger partial charge in [-0.3, -0.25) is 14.4 Å². The molecular formula is C21H30N4O8S. The molecule has 1 aromatic carbocycles. The molecule has 1 rings (SSSR count). The smallest absolute Gasteiger partial charge is 0.327 e. The van der Waals surface area contributed by atoms with Gasteiger partial charge < -0.3 is 37.4 Å². The van der Waals surface area contributed by atoms with Crippen LogP contribution in [0.1, 0.15) is 25.3 Å². The van der Waals surface area contributed by atoms with E-state index in [4.69, 9.17) is 11.5 Å². The molecule has 1 aromatic rings. The van der Waals surface area contributed by atoms with E-state index in [-0.39, 0.29) is 30.8 Å². The van der Waals surface area contributed by atoms with Crippen molar-refractivity contribution < 1.29 is 39.3 Å². The molecule has 0 aliphatic carbocycles. The summed E-state index contributed by atoms with van der Waals surface area (Å²) in [7, 11) is 0. The van der Waals surface area contributed by atoms with Crippen LogP contribution >= 0.6 is 11.8 Å². The monoisotopic (exact) mass is 498 g/mol. The molecule has 13 heteroatoms. The van der Waals surface area contributed by atoms with Gasteiger partial charge in [0.2, 0.25) is 11.8 Å². The van der Waals surface area contributed by atoms with Gasteiger partial charge in [-0.05, 0) is 18.9 Å². The molecule has 12 nitrogen and oxygen atoms in total. The highest BCUT2D eigenvalue weighted by Crippen LogP contribution is 2.18. The number of carbonyl (C=O) groups excluding carboxylic acids is 2. The molecule has 0 aliphatic heterocycles. The van der Waals surface area contributed by atoms with Crippen molar-refractivity contribution in [3.8, 4) is 0 Å². The summed E-state index contributed by atoms with van der Waals surface area (Å²) in [5.74, 6) is -5.66. The summed E-state index contributed by atoms with van der Waals surface area (Å²) in [4.78, 5) is 58.3. The number of carbonyl (C=O) groups is 5. The van der Waals surface area contributed by atoms with Crippen molar-refractivity contribution in [2.75, 3.05) is 11.5 Å². The molecular weight excluding hydrogens is 468 g/mol. The molecule has 0 spiro atoms. The topological polar surface area (TPSA) is 222 Å². The van der Waals surface area contributed by atoms with Crippen molar-refractivity contribution in [2.45, 2.75) is 49.9 Å². The number of carboxylic acids is 3. The van der Waals surface area contributed by atoms with Gasteiger partial charge in [0.25, 0.3) is 0 Å². The maximum atomic E-state index is 12.2. The number of aliphatic carboxylic acids is 3. The number of thioether (sulfide) groups is 1. The number of rotatable bonds is 15. The maximum absolute atomic E-state index is 12.2. The first-order chi connectivity index (χ1) is 15.9. The average Bonchev–Trinajstić information content (AvgIpc) is 2.75. The third-order valence-electron chi connectivity index (χ3n) is 4.75. The molecule has 0 heterocycles. The van der Waals surface area contributed by atoms with E-state index in [0.29, 0.717) is 5.56 Å². The molecule has 0 saturated heterocycles. The van der Waals surface area contributed by atoms with E-state index in [1.54, 1.807) is 30.3 Å². The van der Waals surface area contributed by atoms with E-state index in [9.17, 15) is 39.3 Å². The molecule has 0 fully saturated rings. The van der Waals surface area contributed by atoms with Crippen LogP contribution in [-0.2, 0) is 30.4 Å². The van der Waals surface area contributed by atoms with E-state index in [1.165, 1.54) is 6.92 Å². The lowest BCUT2D eigenvalue weighted by atomic mass is 9.94. The fourth-order valence-corrected chi connectivity index (χ4v) is 3.95. The van der Waals surface area contributed by atoms with Crippen LogP contribution in [0.5, 0.6) is 0 Å². The van der Waals surface area contributed by atoms with Gasteiger partial charge in [0.1, 0.15) is 17.6 Å². The summed E-state index contributed by atoms with van der Waals surface area (Å²) in [5.41, 5.74) is 10.5. The van der Waals surface area contributed by atoms with Crippen molar-refractivity contribution in [3.05, 3.63) is 35.9 Å². The van der Waals surface area contributed by atoms with Crippen LogP contribution in [0.25, 0.3) is 0 Å². The second-order valence-electron chi connectivity index (χ2n) is 7.82. The number of benzene rings is 1. The highest BCUT2D eigenvalue weighted by molar-refractivity contribution is 7.99. The fourth-order valence-electron chi connectivity index (χ4n) is 2.78. The third kappa shape index (κ3) is 9.77. The van der Waals surface area contributed by atoms with E-state index in [2.05, 4.69) is 10.6 Å². The number of carboxylic acid groups (broad SMARTS) is 3. The highest BCUT2D eigenvalue weighted by atomic mass is 32.2. The number of amides is 2. The summed E-state index contributed by atoms with van der Waals surface area (Å²) >= 11 is 0.961. The minimum absolute atomic E-state index is 0.0317. The lowest BCUT2D eigenvalue weighted by molar-refractivity contribution is -0.143. The van der Waals surface area contributed by atoms with Crippen molar-refractivity contribution in [3.63, 3.8) is 0 Å². The Kier molecular flexibility index (Phi) is 11.5. The van der Waals surface area contributed by atoms with Gasteiger partial charge in [0.15, 0.2) is 0 Å². The van der Waals surface area contributed by atoms with Crippen LogP contribution in [0.2, 0.25) is 0 Å². The lowest BCUT2D eigenvalue weighted by Crippen LogP contribution is -2.53. The Bertz CT molecular complexity index is 883. The van der Waals surface area contributed by atoms with E-state index in [0.717, 1.165) is 11.8 Å². The predicted octanol–water partition coefficient (Wildman–Crippen LogP) is -0.989.